The zero-order chi connectivity index (χ0) is 27.4. The standard InChI is InChI=1S/C28H30N6O4S/c1-4-19-15-29-27(30-16-19)33-11-9-21(10-12-33)37-24-18(3)25(32-17-31-24)38-22-8-6-7-20(13-22)14-23-26(35)34(5-2)28(36)39-23/h6-8,13-17,21H,4-5,9-12H2,1-3H3/b23-14-. The first-order chi connectivity index (χ1) is 18.9. The monoisotopic (exact) mass is 546 g/mol. The fourth-order valence-electron chi connectivity index (χ4n) is 4.37. The summed E-state index contributed by atoms with van der Waals surface area (Å²) in [6.45, 7) is 7.69. The van der Waals surface area contributed by atoms with Gasteiger partial charge >= 0.3 is 0 Å². The number of hydrogen-bond donors (Lipinski definition) is 0. The van der Waals surface area contributed by atoms with Crippen LogP contribution in [0.1, 0.15) is 43.4 Å². The van der Waals surface area contributed by atoms with Crippen LogP contribution in [0.2, 0.25) is 0 Å². The lowest BCUT2D eigenvalue weighted by Crippen LogP contribution is -2.39. The Hall–Kier alpha value is -3.99. The van der Waals surface area contributed by atoms with Gasteiger partial charge in [0, 0.05) is 44.9 Å². The molecule has 2 aromatic heterocycles. The van der Waals surface area contributed by atoms with Gasteiger partial charge in [-0.05, 0) is 61.4 Å². The number of anilines is 1. The first-order valence-corrected chi connectivity index (χ1v) is 13.8. The molecule has 0 radical (unpaired) electrons. The molecular formula is C28H30N6O4S. The molecule has 2 aliphatic rings. The molecule has 0 saturated carbocycles. The van der Waals surface area contributed by atoms with Gasteiger partial charge in [0.05, 0.1) is 10.5 Å². The number of carbonyl (C=O) groups is 2. The van der Waals surface area contributed by atoms with E-state index in [4.69, 9.17) is 9.47 Å². The van der Waals surface area contributed by atoms with Crippen LogP contribution in [0.5, 0.6) is 17.5 Å². The lowest BCUT2D eigenvalue weighted by atomic mass is 10.1. The predicted octanol–water partition coefficient (Wildman–Crippen LogP) is 5.03. The number of rotatable bonds is 8. The number of nitrogens with zero attached hydrogens (tertiary/aromatic N) is 6. The van der Waals surface area contributed by atoms with E-state index in [1.54, 1.807) is 19.1 Å². The molecule has 202 valence electrons. The molecule has 3 aromatic rings. The Kier molecular flexibility index (Phi) is 8.06. The van der Waals surface area contributed by atoms with Gasteiger partial charge in [-0.15, -0.1) is 0 Å². The van der Waals surface area contributed by atoms with E-state index in [1.165, 1.54) is 11.2 Å². The molecule has 11 heteroatoms. The van der Waals surface area contributed by atoms with Gasteiger partial charge in [0.1, 0.15) is 18.2 Å². The second-order valence-electron chi connectivity index (χ2n) is 9.26. The van der Waals surface area contributed by atoms with Crippen LogP contribution < -0.4 is 14.4 Å². The summed E-state index contributed by atoms with van der Waals surface area (Å²) >= 11 is 0.943. The van der Waals surface area contributed by atoms with E-state index in [2.05, 4.69) is 31.8 Å². The number of imide groups is 1. The Balaban J connectivity index is 1.22. The number of thioether (sulfide) groups is 1. The highest BCUT2D eigenvalue weighted by atomic mass is 32.2. The number of likely N-dealkylation sites (N-methyl/N-ethyl adjacent to an activating group) is 1. The normalized spacial score (nSPS) is 17.3. The van der Waals surface area contributed by atoms with Crippen molar-refractivity contribution in [3.8, 4) is 17.5 Å². The molecule has 0 unspecified atom stereocenters. The molecule has 4 heterocycles. The molecule has 2 aliphatic heterocycles. The van der Waals surface area contributed by atoms with Gasteiger partial charge in [0.25, 0.3) is 11.1 Å². The van der Waals surface area contributed by atoms with Crippen molar-refractivity contribution in [2.45, 2.75) is 46.1 Å². The summed E-state index contributed by atoms with van der Waals surface area (Å²) in [4.78, 5) is 45.9. The maximum atomic E-state index is 12.4. The number of carbonyl (C=O) groups excluding carboxylic acids is 2. The SMILES string of the molecule is CCc1cnc(N2CCC(Oc3ncnc(Oc4cccc(/C=C5\SC(=O)N(CC)C5=O)c4)c3C)CC2)nc1. The van der Waals surface area contributed by atoms with Gasteiger partial charge < -0.3 is 14.4 Å². The minimum absolute atomic E-state index is 0.0133. The van der Waals surface area contributed by atoms with E-state index in [0.29, 0.717) is 34.5 Å². The zero-order valence-electron chi connectivity index (χ0n) is 22.2. The minimum atomic E-state index is -0.278. The van der Waals surface area contributed by atoms with Crippen molar-refractivity contribution in [3.63, 3.8) is 0 Å². The van der Waals surface area contributed by atoms with Crippen molar-refractivity contribution in [1.29, 1.82) is 0 Å². The highest BCUT2D eigenvalue weighted by Crippen LogP contribution is 2.33. The van der Waals surface area contributed by atoms with Gasteiger partial charge in [0.2, 0.25) is 17.7 Å². The molecule has 39 heavy (non-hydrogen) atoms. The van der Waals surface area contributed by atoms with Gasteiger partial charge in [-0.25, -0.2) is 19.9 Å². The minimum Gasteiger partial charge on any atom is -0.474 e. The Morgan fingerprint density at radius 2 is 1.79 bits per heavy atom. The molecule has 2 fully saturated rings. The summed E-state index contributed by atoms with van der Waals surface area (Å²) < 4.78 is 12.3. The Labute approximate surface area is 231 Å². The van der Waals surface area contributed by atoms with Gasteiger partial charge in [-0.2, -0.15) is 0 Å². The smallest absolute Gasteiger partial charge is 0.293 e. The fraction of sp³-hybridized carbons (Fsp3) is 0.357. The molecule has 0 atom stereocenters. The van der Waals surface area contributed by atoms with Crippen LogP contribution >= 0.6 is 11.8 Å². The van der Waals surface area contributed by atoms with Crippen molar-refractivity contribution < 1.29 is 19.1 Å². The van der Waals surface area contributed by atoms with Crippen LogP contribution in [0.4, 0.5) is 10.7 Å². The summed E-state index contributed by atoms with van der Waals surface area (Å²) in [6.07, 6.45) is 9.48. The molecule has 0 N–H and O–H groups in total. The Morgan fingerprint density at radius 1 is 1.05 bits per heavy atom. The van der Waals surface area contributed by atoms with Crippen molar-refractivity contribution in [2.75, 3.05) is 24.5 Å². The molecule has 1 aromatic carbocycles. The first-order valence-electron chi connectivity index (χ1n) is 13.0. The molecular weight excluding hydrogens is 516 g/mol. The molecule has 5 rings (SSSR count). The van der Waals surface area contributed by atoms with E-state index in [0.717, 1.165) is 61.2 Å². The van der Waals surface area contributed by atoms with E-state index < -0.39 is 0 Å². The second kappa shape index (κ2) is 11.8. The van der Waals surface area contributed by atoms with Crippen molar-refractivity contribution in [3.05, 3.63) is 64.6 Å². The molecule has 0 aliphatic carbocycles. The third kappa shape index (κ3) is 6.03. The molecule has 2 saturated heterocycles. The summed E-state index contributed by atoms with van der Waals surface area (Å²) in [7, 11) is 0. The average Bonchev–Trinajstić information content (AvgIpc) is 3.23. The summed E-state index contributed by atoms with van der Waals surface area (Å²) in [5.41, 5.74) is 2.57. The topological polar surface area (TPSA) is 111 Å². The highest BCUT2D eigenvalue weighted by molar-refractivity contribution is 8.18. The maximum absolute atomic E-state index is 12.4. The quantitative estimate of drug-likeness (QED) is 0.357. The largest absolute Gasteiger partial charge is 0.474 e. The molecule has 10 nitrogen and oxygen atoms in total. The van der Waals surface area contributed by atoms with Crippen molar-refractivity contribution in [2.24, 2.45) is 0 Å². The lowest BCUT2D eigenvalue weighted by molar-refractivity contribution is -0.122. The van der Waals surface area contributed by atoms with Gasteiger partial charge in [-0.1, -0.05) is 19.1 Å². The summed E-state index contributed by atoms with van der Waals surface area (Å²) in [6, 6.07) is 7.28. The van der Waals surface area contributed by atoms with Crippen LogP contribution in [0.15, 0.2) is 47.9 Å². The van der Waals surface area contributed by atoms with Crippen LogP contribution in [0, 0.1) is 6.92 Å². The second-order valence-corrected chi connectivity index (χ2v) is 10.3. The third-order valence-corrected chi connectivity index (χ3v) is 7.56. The Bertz CT molecular complexity index is 1390. The van der Waals surface area contributed by atoms with E-state index in [1.807, 2.05) is 37.5 Å². The number of hydrogen-bond acceptors (Lipinski definition) is 10. The maximum Gasteiger partial charge on any atom is 0.293 e. The number of ether oxygens (including phenoxy) is 2. The lowest BCUT2D eigenvalue weighted by Gasteiger charge is -2.32. The summed E-state index contributed by atoms with van der Waals surface area (Å²) in [5, 5.41) is -0.255. The van der Waals surface area contributed by atoms with Gasteiger partial charge in [0.15, 0.2) is 0 Å². The van der Waals surface area contributed by atoms with E-state index in [9.17, 15) is 9.59 Å². The zero-order valence-corrected chi connectivity index (χ0v) is 23.0. The van der Waals surface area contributed by atoms with Crippen LogP contribution in [0.25, 0.3) is 6.08 Å². The fourth-order valence-corrected chi connectivity index (χ4v) is 5.27. The Morgan fingerprint density at radius 3 is 2.49 bits per heavy atom. The van der Waals surface area contributed by atoms with Crippen molar-refractivity contribution in [1.82, 2.24) is 24.8 Å². The van der Waals surface area contributed by atoms with E-state index in [-0.39, 0.29) is 17.3 Å². The van der Waals surface area contributed by atoms with Crippen LogP contribution in [0.3, 0.4) is 0 Å². The molecule has 2 amide bonds. The third-order valence-electron chi connectivity index (χ3n) is 6.65. The first kappa shape index (κ1) is 26.6. The number of aryl methyl sites for hydroxylation is 1. The average molecular weight is 547 g/mol. The highest BCUT2D eigenvalue weighted by Gasteiger charge is 2.33. The number of amides is 2. The van der Waals surface area contributed by atoms with Crippen LogP contribution in [-0.2, 0) is 11.2 Å². The van der Waals surface area contributed by atoms with Crippen LogP contribution in [-0.4, -0.2) is 61.7 Å². The van der Waals surface area contributed by atoms with E-state index >= 15 is 0 Å². The number of benzene rings is 1. The predicted molar refractivity (Wildman–Crippen MR) is 149 cm³/mol. The van der Waals surface area contributed by atoms with Crippen molar-refractivity contribution >= 4 is 34.9 Å². The molecule has 0 spiro atoms. The van der Waals surface area contributed by atoms with Gasteiger partial charge in [-0.3, -0.25) is 14.5 Å². The number of piperidine rings is 1. The number of aromatic nitrogens is 4. The molecule has 0 bridgehead atoms. The summed E-state index contributed by atoms with van der Waals surface area (Å²) in [5.74, 6) is 1.91.